The molecule has 0 aromatic carbocycles. The van der Waals surface area contributed by atoms with E-state index in [1.54, 1.807) is 6.20 Å². The second-order valence-electron chi connectivity index (χ2n) is 1.88. The normalized spacial score (nSPS) is 8.10. The van der Waals surface area contributed by atoms with Gasteiger partial charge in [-0.2, -0.15) is 0 Å². The number of halogens is 1. The van der Waals surface area contributed by atoms with Crippen LogP contribution in [-0.4, -0.2) is 4.98 Å². The first-order valence-corrected chi connectivity index (χ1v) is 2.88. The molecule has 1 heterocycles. The molecule has 0 saturated carbocycles. The zero-order valence-electron chi connectivity index (χ0n) is 5.84. The highest BCUT2D eigenvalue weighted by molar-refractivity contribution is 5.48. The molecule has 0 N–H and O–H groups in total. The van der Waals surface area contributed by atoms with Crippen molar-refractivity contribution in [3.63, 3.8) is 0 Å². The average molecular weight is 155 g/mol. The van der Waals surface area contributed by atoms with Gasteiger partial charge in [0.2, 0.25) is 0 Å². The fourth-order valence-electron chi connectivity index (χ4n) is 0.712. The van der Waals surface area contributed by atoms with Crippen LogP contribution in [0.5, 0.6) is 0 Å². The molecule has 0 unspecified atom stereocenters. The SMILES string of the molecule is C=Cc1cccnc1C.[Cl-]. The predicted octanol–water partition coefficient (Wildman–Crippen LogP) is -0.963. The van der Waals surface area contributed by atoms with Crippen molar-refractivity contribution in [3.8, 4) is 0 Å². The molecule has 1 nitrogen and oxygen atoms in total. The molecule has 0 radical (unpaired) electrons. The van der Waals surface area contributed by atoms with E-state index in [2.05, 4.69) is 11.6 Å². The summed E-state index contributed by atoms with van der Waals surface area (Å²) in [7, 11) is 0. The maximum Gasteiger partial charge on any atom is 0.0444 e. The molecule has 0 fully saturated rings. The number of aryl methyl sites for hydroxylation is 1. The highest BCUT2D eigenvalue weighted by Gasteiger charge is 1.88. The second kappa shape index (κ2) is 4.07. The molecule has 0 aliphatic carbocycles. The topological polar surface area (TPSA) is 12.9 Å². The third kappa shape index (κ3) is 1.85. The molecule has 0 bridgehead atoms. The van der Waals surface area contributed by atoms with Crippen molar-refractivity contribution in [1.82, 2.24) is 4.98 Å². The van der Waals surface area contributed by atoms with Crippen LogP contribution in [-0.2, 0) is 0 Å². The van der Waals surface area contributed by atoms with E-state index < -0.39 is 0 Å². The van der Waals surface area contributed by atoms with E-state index in [-0.39, 0.29) is 12.4 Å². The van der Waals surface area contributed by atoms with Crippen molar-refractivity contribution in [2.75, 3.05) is 0 Å². The van der Waals surface area contributed by atoms with Crippen molar-refractivity contribution < 1.29 is 12.4 Å². The van der Waals surface area contributed by atoms with Gasteiger partial charge >= 0.3 is 0 Å². The summed E-state index contributed by atoms with van der Waals surface area (Å²) in [6.07, 6.45) is 3.59. The van der Waals surface area contributed by atoms with Crippen molar-refractivity contribution in [2.24, 2.45) is 0 Å². The number of hydrogen-bond acceptors (Lipinski definition) is 1. The Morgan fingerprint density at radius 2 is 2.30 bits per heavy atom. The Kier molecular flexibility index (Phi) is 3.74. The monoisotopic (exact) mass is 154 g/mol. The van der Waals surface area contributed by atoms with Crippen LogP contribution >= 0.6 is 0 Å². The number of hydrogen-bond donors (Lipinski definition) is 0. The lowest BCUT2D eigenvalue weighted by Gasteiger charge is -1.94. The Morgan fingerprint density at radius 3 is 2.70 bits per heavy atom. The van der Waals surface area contributed by atoms with Crippen molar-refractivity contribution in [1.29, 1.82) is 0 Å². The minimum atomic E-state index is 0. The highest BCUT2D eigenvalue weighted by Crippen LogP contribution is 2.03. The Bertz CT molecular complexity index is 220. The van der Waals surface area contributed by atoms with Crippen molar-refractivity contribution in [2.45, 2.75) is 6.92 Å². The predicted molar refractivity (Wildman–Crippen MR) is 39.1 cm³/mol. The zero-order chi connectivity index (χ0) is 6.69. The zero-order valence-corrected chi connectivity index (χ0v) is 6.60. The molecular weight excluding hydrogens is 146 g/mol. The van der Waals surface area contributed by atoms with Crippen LogP contribution in [0.3, 0.4) is 0 Å². The molecule has 0 amide bonds. The van der Waals surface area contributed by atoms with Gasteiger partial charge in [0.05, 0.1) is 0 Å². The smallest absolute Gasteiger partial charge is 0.0444 e. The Labute approximate surface area is 67.2 Å². The van der Waals surface area contributed by atoms with Gasteiger partial charge in [-0.1, -0.05) is 18.7 Å². The first-order chi connectivity index (χ1) is 4.34. The number of pyridine rings is 1. The molecule has 2 heteroatoms. The Balaban J connectivity index is 0.000000810. The van der Waals surface area contributed by atoms with E-state index in [4.69, 9.17) is 0 Å². The van der Waals surface area contributed by atoms with Crippen LogP contribution in [0.1, 0.15) is 11.3 Å². The number of rotatable bonds is 1. The summed E-state index contributed by atoms with van der Waals surface area (Å²) in [6, 6.07) is 3.90. The van der Waals surface area contributed by atoms with E-state index >= 15 is 0 Å². The van der Waals surface area contributed by atoms with Gasteiger partial charge in [-0.15, -0.1) is 0 Å². The van der Waals surface area contributed by atoms with E-state index in [0.29, 0.717) is 0 Å². The molecule has 0 saturated heterocycles. The average Bonchev–Trinajstić information content (AvgIpc) is 1.89. The van der Waals surface area contributed by atoms with Crippen LogP contribution in [0.2, 0.25) is 0 Å². The van der Waals surface area contributed by atoms with Gasteiger partial charge in [0, 0.05) is 11.9 Å². The quantitative estimate of drug-likeness (QED) is 0.508. The van der Waals surface area contributed by atoms with Gasteiger partial charge in [-0.25, -0.2) is 0 Å². The van der Waals surface area contributed by atoms with Gasteiger partial charge < -0.3 is 12.4 Å². The molecule has 1 aromatic rings. The van der Waals surface area contributed by atoms with Crippen molar-refractivity contribution in [3.05, 3.63) is 36.2 Å². The van der Waals surface area contributed by atoms with Gasteiger partial charge in [0.25, 0.3) is 0 Å². The third-order valence-electron chi connectivity index (χ3n) is 1.27. The molecule has 0 aliphatic heterocycles. The molecule has 0 spiro atoms. The van der Waals surface area contributed by atoms with Crippen LogP contribution in [0.4, 0.5) is 0 Å². The van der Waals surface area contributed by atoms with E-state index in [1.807, 2.05) is 25.1 Å². The maximum absolute atomic E-state index is 4.08. The lowest BCUT2D eigenvalue weighted by atomic mass is 10.2. The molecule has 10 heavy (non-hydrogen) atoms. The second-order valence-corrected chi connectivity index (χ2v) is 1.88. The Hall–Kier alpha value is -0.820. The molecule has 0 atom stereocenters. The van der Waals surface area contributed by atoms with Gasteiger partial charge in [0.15, 0.2) is 0 Å². The van der Waals surface area contributed by atoms with Gasteiger partial charge in [-0.3, -0.25) is 4.98 Å². The summed E-state index contributed by atoms with van der Waals surface area (Å²) in [5, 5.41) is 0. The molecular formula is C8H9ClN-. The summed E-state index contributed by atoms with van der Waals surface area (Å²) in [5.74, 6) is 0. The lowest BCUT2D eigenvalue weighted by molar-refractivity contribution is -0.00000197. The maximum atomic E-state index is 4.08. The standard InChI is InChI=1S/C8H9N.ClH/c1-3-8-5-4-6-9-7(8)2;/h3-6H,1H2,2H3;1H/p-1. The van der Waals surface area contributed by atoms with E-state index in [9.17, 15) is 0 Å². The van der Waals surface area contributed by atoms with Crippen LogP contribution in [0.25, 0.3) is 6.08 Å². The summed E-state index contributed by atoms with van der Waals surface area (Å²) < 4.78 is 0. The summed E-state index contributed by atoms with van der Waals surface area (Å²) >= 11 is 0. The van der Waals surface area contributed by atoms with E-state index in [1.165, 1.54) is 0 Å². The van der Waals surface area contributed by atoms with Gasteiger partial charge in [-0.05, 0) is 18.6 Å². The van der Waals surface area contributed by atoms with Crippen LogP contribution in [0, 0.1) is 6.92 Å². The summed E-state index contributed by atoms with van der Waals surface area (Å²) in [4.78, 5) is 4.08. The third-order valence-corrected chi connectivity index (χ3v) is 1.27. The molecule has 0 aliphatic rings. The molecule has 1 rings (SSSR count). The fourth-order valence-corrected chi connectivity index (χ4v) is 0.712. The minimum Gasteiger partial charge on any atom is -1.00 e. The summed E-state index contributed by atoms with van der Waals surface area (Å²) in [6.45, 7) is 5.62. The number of nitrogens with zero attached hydrogens (tertiary/aromatic N) is 1. The Morgan fingerprint density at radius 1 is 1.60 bits per heavy atom. The van der Waals surface area contributed by atoms with E-state index in [0.717, 1.165) is 11.3 Å². The molecule has 1 aromatic heterocycles. The minimum absolute atomic E-state index is 0. The first-order valence-electron chi connectivity index (χ1n) is 2.88. The van der Waals surface area contributed by atoms with Crippen LogP contribution < -0.4 is 12.4 Å². The lowest BCUT2D eigenvalue weighted by Crippen LogP contribution is -3.00. The van der Waals surface area contributed by atoms with Crippen LogP contribution in [0.15, 0.2) is 24.9 Å². The first kappa shape index (κ1) is 9.18. The highest BCUT2D eigenvalue weighted by atomic mass is 35.5. The summed E-state index contributed by atoms with van der Waals surface area (Å²) in [5.41, 5.74) is 2.14. The fraction of sp³-hybridized carbons (Fsp3) is 0.125. The number of aromatic nitrogens is 1. The van der Waals surface area contributed by atoms with Crippen molar-refractivity contribution >= 4 is 6.08 Å². The largest absolute Gasteiger partial charge is 1.00 e. The molecule has 54 valence electrons. The van der Waals surface area contributed by atoms with Gasteiger partial charge in [0.1, 0.15) is 0 Å².